The number of ether oxygens (including phenoxy) is 1. The second kappa shape index (κ2) is 9.94. The third-order valence-electron chi connectivity index (χ3n) is 6.73. The van der Waals surface area contributed by atoms with Crippen molar-refractivity contribution < 1.29 is 13.9 Å². The molecule has 37 heavy (non-hydrogen) atoms. The van der Waals surface area contributed by atoms with E-state index in [1.54, 1.807) is 10.9 Å². The first-order chi connectivity index (χ1) is 17.7. The van der Waals surface area contributed by atoms with Gasteiger partial charge >= 0.3 is 0 Å². The van der Waals surface area contributed by atoms with E-state index in [0.717, 1.165) is 65.8 Å². The molecule has 0 saturated carbocycles. The number of Topliss-reactive ketones (excluding diaryl/α,β-unsaturated/α-hetero) is 1. The number of rotatable bonds is 6. The summed E-state index contributed by atoms with van der Waals surface area (Å²) in [6.45, 7) is 13.2. The van der Waals surface area contributed by atoms with Gasteiger partial charge in [0.2, 0.25) is 0 Å². The zero-order valence-electron chi connectivity index (χ0n) is 22.1. The Balaban J connectivity index is 1.37. The molecule has 5 rings (SSSR count). The summed E-state index contributed by atoms with van der Waals surface area (Å²) in [4.78, 5) is 19.8. The summed E-state index contributed by atoms with van der Waals surface area (Å²) in [5.74, 6) is 1.52. The Kier molecular flexibility index (Phi) is 6.69. The molecule has 0 amide bonds. The maximum atomic E-state index is 13.1. The molecule has 8 nitrogen and oxygen atoms in total. The topological polar surface area (TPSA) is 86.3 Å². The Morgan fingerprint density at radius 3 is 2.57 bits per heavy atom. The summed E-state index contributed by atoms with van der Waals surface area (Å²) in [5, 5.41) is 8.81. The molecule has 0 spiro atoms. The Labute approximate surface area is 217 Å². The normalized spacial score (nSPS) is 14.2. The van der Waals surface area contributed by atoms with Crippen molar-refractivity contribution in [3.63, 3.8) is 0 Å². The van der Waals surface area contributed by atoms with E-state index >= 15 is 0 Å². The first-order valence-corrected chi connectivity index (χ1v) is 12.6. The van der Waals surface area contributed by atoms with E-state index < -0.39 is 0 Å². The second-order valence-electron chi connectivity index (χ2n) is 10.6. The molecule has 192 valence electrons. The highest BCUT2D eigenvalue weighted by atomic mass is 16.5. The van der Waals surface area contributed by atoms with Crippen LogP contribution in [0.5, 0.6) is 0 Å². The lowest BCUT2D eigenvalue weighted by atomic mass is 9.92. The van der Waals surface area contributed by atoms with Gasteiger partial charge in [0, 0.05) is 36.7 Å². The van der Waals surface area contributed by atoms with Crippen molar-refractivity contribution >= 4 is 11.5 Å². The number of carbonyl (C=O) groups is 1. The smallest absolute Gasteiger partial charge is 0.170 e. The van der Waals surface area contributed by atoms with Gasteiger partial charge in [-0.3, -0.25) is 9.78 Å². The van der Waals surface area contributed by atoms with Crippen molar-refractivity contribution in [3.8, 4) is 16.9 Å². The molecule has 0 aliphatic carbocycles. The highest BCUT2D eigenvalue weighted by Gasteiger charge is 2.23. The lowest BCUT2D eigenvalue weighted by molar-refractivity contribution is 0.0991. The molecule has 0 N–H and O–H groups in total. The first kappa shape index (κ1) is 24.9. The van der Waals surface area contributed by atoms with E-state index in [9.17, 15) is 4.79 Å². The van der Waals surface area contributed by atoms with Crippen molar-refractivity contribution in [1.29, 1.82) is 0 Å². The van der Waals surface area contributed by atoms with Gasteiger partial charge in [0.1, 0.15) is 17.2 Å². The highest BCUT2D eigenvalue weighted by Crippen LogP contribution is 2.28. The number of hydrogen-bond acceptors (Lipinski definition) is 7. The van der Waals surface area contributed by atoms with Crippen LogP contribution in [0, 0.1) is 13.8 Å². The Hall–Kier alpha value is -3.78. The van der Waals surface area contributed by atoms with Crippen LogP contribution < -0.4 is 4.90 Å². The standard InChI is InChI=1S/C29H33N5O3/c1-19-6-7-21(13-27(35)24-15-28(29(3,4)5)37-20(24)2)12-26(19)34-18-25(31-32-34)22-14-23(17-30-16-22)33-8-10-36-11-9-33/h6-7,12,14-18H,8-11,13H2,1-5H3. The Morgan fingerprint density at radius 2 is 1.84 bits per heavy atom. The number of aryl methyl sites for hydroxylation is 2. The van der Waals surface area contributed by atoms with Gasteiger partial charge in [0.25, 0.3) is 0 Å². The van der Waals surface area contributed by atoms with Crippen molar-refractivity contribution in [3.05, 3.63) is 77.1 Å². The van der Waals surface area contributed by atoms with Gasteiger partial charge in [-0.1, -0.05) is 38.1 Å². The first-order valence-electron chi connectivity index (χ1n) is 12.6. The van der Waals surface area contributed by atoms with Gasteiger partial charge in [-0.05, 0) is 43.2 Å². The third-order valence-corrected chi connectivity index (χ3v) is 6.73. The zero-order chi connectivity index (χ0) is 26.2. The van der Waals surface area contributed by atoms with Crippen molar-refractivity contribution in [2.24, 2.45) is 0 Å². The lowest BCUT2D eigenvalue weighted by Gasteiger charge is -2.28. The average molecular weight is 500 g/mol. The van der Waals surface area contributed by atoms with Crippen molar-refractivity contribution in [2.45, 2.75) is 46.5 Å². The zero-order valence-corrected chi connectivity index (χ0v) is 22.1. The lowest BCUT2D eigenvalue weighted by Crippen LogP contribution is -2.36. The van der Waals surface area contributed by atoms with E-state index in [1.165, 1.54) is 0 Å². The third kappa shape index (κ3) is 5.34. The predicted octanol–water partition coefficient (Wildman–Crippen LogP) is 5.10. The van der Waals surface area contributed by atoms with Crippen molar-refractivity contribution in [2.75, 3.05) is 31.2 Å². The summed E-state index contributed by atoms with van der Waals surface area (Å²) in [5.41, 5.74) is 6.04. The minimum Gasteiger partial charge on any atom is -0.465 e. The number of carbonyl (C=O) groups excluding carboxylic acids is 1. The Morgan fingerprint density at radius 1 is 1.05 bits per heavy atom. The van der Waals surface area contributed by atoms with Crippen LogP contribution in [0.2, 0.25) is 0 Å². The number of aromatic nitrogens is 4. The molecule has 4 heterocycles. The van der Waals surface area contributed by atoms with E-state index in [0.29, 0.717) is 11.3 Å². The molecule has 1 aliphatic heterocycles. The molecule has 1 saturated heterocycles. The molecule has 1 aromatic carbocycles. The fourth-order valence-electron chi connectivity index (χ4n) is 4.50. The maximum Gasteiger partial charge on any atom is 0.170 e. The fourth-order valence-corrected chi connectivity index (χ4v) is 4.50. The number of benzene rings is 1. The van der Waals surface area contributed by atoms with Crippen LogP contribution in [0.4, 0.5) is 5.69 Å². The summed E-state index contributed by atoms with van der Waals surface area (Å²) in [6.07, 6.45) is 5.86. The minimum atomic E-state index is -0.150. The summed E-state index contributed by atoms with van der Waals surface area (Å²) < 4.78 is 13.1. The molecular weight excluding hydrogens is 466 g/mol. The number of hydrogen-bond donors (Lipinski definition) is 0. The van der Waals surface area contributed by atoms with E-state index in [1.807, 2.05) is 50.5 Å². The Bertz CT molecular complexity index is 1420. The van der Waals surface area contributed by atoms with Gasteiger partial charge in [-0.15, -0.1) is 5.10 Å². The van der Waals surface area contributed by atoms with Gasteiger partial charge < -0.3 is 14.1 Å². The number of nitrogens with zero attached hydrogens (tertiary/aromatic N) is 5. The second-order valence-corrected chi connectivity index (χ2v) is 10.6. The molecule has 4 aromatic rings. The maximum absolute atomic E-state index is 13.1. The summed E-state index contributed by atoms with van der Waals surface area (Å²) in [6, 6.07) is 9.99. The molecule has 3 aromatic heterocycles. The van der Waals surface area contributed by atoms with Crippen LogP contribution in [0.3, 0.4) is 0 Å². The SMILES string of the molecule is Cc1ccc(CC(=O)c2cc(C(C)(C)C)oc2C)cc1-n1cc(-c2cncc(N3CCOCC3)c2)nn1. The van der Waals surface area contributed by atoms with Gasteiger partial charge in [0.05, 0.1) is 42.5 Å². The van der Waals surface area contributed by atoms with Crippen LogP contribution in [0.1, 0.15) is 53.8 Å². The number of morpholine rings is 1. The summed E-state index contributed by atoms with van der Waals surface area (Å²) >= 11 is 0. The van der Waals surface area contributed by atoms with Gasteiger partial charge in [-0.25, -0.2) is 4.68 Å². The number of ketones is 1. The van der Waals surface area contributed by atoms with Crippen LogP contribution in [-0.4, -0.2) is 52.1 Å². The number of anilines is 1. The van der Waals surface area contributed by atoms with E-state index in [2.05, 4.69) is 47.0 Å². The molecule has 0 radical (unpaired) electrons. The average Bonchev–Trinajstić information content (AvgIpc) is 3.53. The number of furan rings is 1. The van der Waals surface area contributed by atoms with Gasteiger partial charge in [0.15, 0.2) is 5.78 Å². The minimum absolute atomic E-state index is 0.0387. The van der Waals surface area contributed by atoms with Crippen LogP contribution >= 0.6 is 0 Å². The van der Waals surface area contributed by atoms with Gasteiger partial charge in [-0.2, -0.15) is 0 Å². The van der Waals surface area contributed by atoms with E-state index in [4.69, 9.17) is 9.15 Å². The fraction of sp³-hybridized carbons (Fsp3) is 0.379. The molecule has 1 fully saturated rings. The molecule has 8 heteroatoms. The van der Waals surface area contributed by atoms with E-state index in [-0.39, 0.29) is 17.6 Å². The molecule has 0 unspecified atom stereocenters. The van der Waals surface area contributed by atoms with Crippen molar-refractivity contribution in [1.82, 2.24) is 20.0 Å². The predicted molar refractivity (Wildman–Crippen MR) is 143 cm³/mol. The molecule has 0 atom stereocenters. The van der Waals surface area contributed by atoms with Crippen LogP contribution in [0.15, 0.2) is 53.3 Å². The van der Waals surface area contributed by atoms with Crippen LogP contribution in [-0.2, 0) is 16.6 Å². The number of pyridine rings is 1. The highest BCUT2D eigenvalue weighted by molar-refractivity contribution is 5.98. The van der Waals surface area contributed by atoms with Crippen LogP contribution in [0.25, 0.3) is 16.9 Å². The quantitative estimate of drug-likeness (QED) is 0.341. The molecule has 0 bridgehead atoms. The summed E-state index contributed by atoms with van der Waals surface area (Å²) in [7, 11) is 0. The molecule has 1 aliphatic rings. The molecular formula is C29H33N5O3. The monoisotopic (exact) mass is 499 g/mol. The largest absolute Gasteiger partial charge is 0.465 e.